The van der Waals surface area contributed by atoms with Gasteiger partial charge in [-0.3, -0.25) is 9.59 Å². The molecular weight excluding hydrogens is 238 g/mol. The molecule has 1 aromatic rings. The van der Waals surface area contributed by atoms with Gasteiger partial charge in [-0.15, -0.1) is 0 Å². The van der Waals surface area contributed by atoms with Crippen molar-refractivity contribution in [2.75, 3.05) is 19.5 Å². The first-order valence-electron chi connectivity index (χ1n) is 5.35. The number of carboxylic acid groups (broad SMARTS) is 1. The molecule has 1 atom stereocenters. The van der Waals surface area contributed by atoms with E-state index in [-0.39, 0.29) is 12.3 Å². The number of carbonyl (C=O) groups is 2. The van der Waals surface area contributed by atoms with Gasteiger partial charge in [-0.2, -0.15) is 0 Å². The number of hydrogen-bond donors (Lipinski definition) is 2. The Labute approximate surface area is 104 Å². The van der Waals surface area contributed by atoms with Gasteiger partial charge in [0.05, 0.1) is 20.1 Å². The van der Waals surface area contributed by atoms with Gasteiger partial charge in [0.1, 0.15) is 0 Å². The number of carbonyl (C=O) groups excluding carboxylic acids is 1. The van der Waals surface area contributed by atoms with E-state index in [1.165, 1.54) is 14.2 Å². The molecule has 1 aliphatic heterocycles. The van der Waals surface area contributed by atoms with E-state index in [1.807, 2.05) is 0 Å². The van der Waals surface area contributed by atoms with Crippen molar-refractivity contribution in [2.45, 2.75) is 12.3 Å². The molecule has 0 bridgehead atoms. The van der Waals surface area contributed by atoms with Gasteiger partial charge in [-0.05, 0) is 11.6 Å². The maximum absolute atomic E-state index is 11.4. The summed E-state index contributed by atoms with van der Waals surface area (Å²) in [6.45, 7) is 0. The van der Waals surface area contributed by atoms with Crippen molar-refractivity contribution in [1.29, 1.82) is 0 Å². The van der Waals surface area contributed by atoms with Crippen LogP contribution in [0.2, 0.25) is 0 Å². The molecule has 6 heteroatoms. The van der Waals surface area contributed by atoms with E-state index >= 15 is 0 Å². The van der Waals surface area contributed by atoms with E-state index < -0.39 is 11.9 Å². The Kier molecular flexibility index (Phi) is 3.10. The summed E-state index contributed by atoms with van der Waals surface area (Å²) in [5.74, 6) is -1.31. The second kappa shape index (κ2) is 4.56. The van der Waals surface area contributed by atoms with Crippen molar-refractivity contribution in [3.8, 4) is 11.5 Å². The van der Waals surface area contributed by atoms with Crippen LogP contribution in [-0.4, -0.2) is 31.2 Å². The molecule has 18 heavy (non-hydrogen) atoms. The van der Waals surface area contributed by atoms with Crippen LogP contribution in [0.15, 0.2) is 12.1 Å². The van der Waals surface area contributed by atoms with Crippen molar-refractivity contribution in [1.82, 2.24) is 0 Å². The lowest BCUT2D eigenvalue weighted by Crippen LogP contribution is -2.27. The van der Waals surface area contributed by atoms with Crippen LogP contribution >= 0.6 is 0 Å². The zero-order valence-electron chi connectivity index (χ0n) is 10.0. The molecule has 1 heterocycles. The number of benzene rings is 1. The largest absolute Gasteiger partial charge is 0.493 e. The number of amides is 1. The fourth-order valence-corrected chi connectivity index (χ4v) is 2.01. The molecule has 2 rings (SSSR count). The molecule has 96 valence electrons. The Morgan fingerprint density at radius 3 is 2.50 bits per heavy atom. The second-order valence-electron chi connectivity index (χ2n) is 3.94. The van der Waals surface area contributed by atoms with Gasteiger partial charge in [0.15, 0.2) is 11.5 Å². The highest BCUT2D eigenvalue weighted by atomic mass is 16.5. The minimum Gasteiger partial charge on any atom is -0.493 e. The molecule has 0 radical (unpaired) electrons. The van der Waals surface area contributed by atoms with Crippen LogP contribution in [0.5, 0.6) is 11.5 Å². The summed E-state index contributed by atoms with van der Waals surface area (Å²) in [5, 5.41) is 11.8. The predicted octanol–water partition coefficient (Wildman–Crippen LogP) is 1.21. The fraction of sp³-hybridized carbons (Fsp3) is 0.333. The van der Waals surface area contributed by atoms with E-state index in [0.717, 1.165) is 0 Å². The number of methoxy groups -OCH3 is 2. The third-order valence-electron chi connectivity index (χ3n) is 2.89. The Morgan fingerprint density at radius 2 is 1.94 bits per heavy atom. The van der Waals surface area contributed by atoms with Gasteiger partial charge in [-0.1, -0.05) is 0 Å². The molecule has 6 nitrogen and oxygen atoms in total. The van der Waals surface area contributed by atoms with Crippen molar-refractivity contribution in [3.63, 3.8) is 0 Å². The second-order valence-corrected chi connectivity index (χ2v) is 3.94. The molecule has 0 fully saturated rings. The Balaban J connectivity index is 2.56. The Morgan fingerprint density at radius 1 is 1.33 bits per heavy atom. The van der Waals surface area contributed by atoms with Crippen LogP contribution in [0, 0.1) is 0 Å². The van der Waals surface area contributed by atoms with E-state index in [1.54, 1.807) is 12.1 Å². The number of anilines is 1. The number of rotatable bonds is 3. The standard InChI is InChI=1S/C12H13NO5/c1-17-9-3-6-7(12(15)16)4-11(14)13-8(6)5-10(9)18-2/h3,5,7H,4H2,1-2H3,(H,13,14)(H,15,16)/t7-/m1/s1. The van der Waals surface area contributed by atoms with E-state index in [4.69, 9.17) is 14.6 Å². The predicted molar refractivity (Wildman–Crippen MR) is 63.2 cm³/mol. The van der Waals surface area contributed by atoms with Crippen LogP contribution in [-0.2, 0) is 9.59 Å². The minimum absolute atomic E-state index is 0.0716. The summed E-state index contributed by atoms with van der Waals surface area (Å²) in [4.78, 5) is 22.6. The average molecular weight is 251 g/mol. The summed E-state index contributed by atoms with van der Waals surface area (Å²) < 4.78 is 10.2. The summed E-state index contributed by atoms with van der Waals surface area (Å²) >= 11 is 0. The quantitative estimate of drug-likeness (QED) is 0.843. The number of ether oxygens (including phenoxy) is 2. The molecule has 0 unspecified atom stereocenters. The number of aliphatic carboxylic acids is 1. The number of nitrogens with one attached hydrogen (secondary N) is 1. The van der Waals surface area contributed by atoms with Crippen LogP contribution in [0.3, 0.4) is 0 Å². The van der Waals surface area contributed by atoms with Gasteiger partial charge in [0.25, 0.3) is 0 Å². The molecule has 1 aromatic carbocycles. The lowest BCUT2D eigenvalue weighted by Gasteiger charge is -2.24. The number of fused-ring (bicyclic) bond motifs is 1. The fourth-order valence-electron chi connectivity index (χ4n) is 2.01. The lowest BCUT2D eigenvalue weighted by molar-refractivity contribution is -0.140. The Hall–Kier alpha value is -2.24. The number of carboxylic acids is 1. The smallest absolute Gasteiger partial charge is 0.311 e. The van der Waals surface area contributed by atoms with Crippen molar-refractivity contribution in [3.05, 3.63) is 17.7 Å². The molecule has 1 aliphatic rings. The van der Waals surface area contributed by atoms with Crippen LogP contribution < -0.4 is 14.8 Å². The van der Waals surface area contributed by atoms with Crippen LogP contribution in [0.1, 0.15) is 17.9 Å². The third-order valence-corrected chi connectivity index (χ3v) is 2.89. The zero-order chi connectivity index (χ0) is 13.3. The van der Waals surface area contributed by atoms with Gasteiger partial charge >= 0.3 is 5.97 Å². The lowest BCUT2D eigenvalue weighted by atomic mass is 9.90. The highest BCUT2D eigenvalue weighted by Crippen LogP contribution is 2.40. The van der Waals surface area contributed by atoms with Crippen LogP contribution in [0.4, 0.5) is 5.69 Å². The van der Waals surface area contributed by atoms with Crippen molar-refractivity contribution >= 4 is 17.6 Å². The van der Waals surface area contributed by atoms with E-state index in [0.29, 0.717) is 22.7 Å². The maximum Gasteiger partial charge on any atom is 0.311 e. The Bertz CT molecular complexity index is 511. The van der Waals surface area contributed by atoms with E-state index in [9.17, 15) is 9.59 Å². The molecule has 1 amide bonds. The zero-order valence-corrected chi connectivity index (χ0v) is 10.0. The topological polar surface area (TPSA) is 84.9 Å². The first-order chi connectivity index (χ1) is 8.56. The minimum atomic E-state index is -1.03. The summed E-state index contributed by atoms with van der Waals surface area (Å²) in [6.07, 6.45) is -0.0716. The summed E-state index contributed by atoms with van der Waals surface area (Å²) in [6, 6.07) is 3.16. The maximum atomic E-state index is 11.4. The number of hydrogen-bond acceptors (Lipinski definition) is 4. The molecule has 0 aromatic heterocycles. The molecule has 0 spiro atoms. The molecule has 0 saturated carbocycles. The normalized spacial score (nSPS) is 17.7. The monoisotopic (exact) mass is 251 g/mol. The summed E-state index contributed by atoms with van der Waals surface area (Å²) in [7, 11) is 2.95. The molecule has 2 N–H and O–H groups in total. The SMILES string of the molecule is COc1cc2c(cc1OC)[C@H](C(=O)O)CC(=O)N2. The average Bonchev–Trinajstić information content (AvgIpc) is 2.35. The molecule has 0 saturated heterocycles. The summed E-state index contributed by atoms with van der Waals surface area (Å²) in [5.41, 5.74) is 0.982. The molecular formula is C12H13NO5. The van der Waals surface area contributed by atoms with Gasteiger partial charge in [0.2, 0.25) is 5.91 Å². The van der Waals surface area contributed by atoms with Crippen molar-refractivity contribution < 1.29 is 24.2 Å². The first-order valence-corrected chi connectivity index (χ1v) is 5.35. The van der Waals surface area contributed by atoms with Crippen molar-refractivity contribution in [2.24, 2.45) is 0 Å². The molecule has 0 aliphatic carbocycles. The first kappa shape index (κ1) is 12.2. The van der Waals surface area contributed by atoms with Gasteiger partial charge < -0.3 is 19.9 Å². The highest BCUT2D eigenvalue weighted by Gasteiger charge is 2.31. The van der Waals surface area contributed by atoms with Crippen LogP contribution in [0.25, 0.3) is 0 Å². The van der Waals surface area contributed by atoms with E-state index in [2.05, 4.69) is 5.32 Å². The van der Waals surface area contributed by atoms with Gasteiger partial charge in [-0.25, -0.2) is 0 Å². The highest BCUT2D eigenvalue weighted by molar-refractivity contribution is 6.00. The third kappa shape index (κ3) is 1.97. The van der Waals surface area contributed by atoms with Gasteiger partial charge in [0, 0.05) is 18.2 Å².